The Kier molecular flexibility index (Phi) is 19.1. The summed E-state index contributed by atoms with van der Waals surface area (Å²) in [5, 5.41) is 10.5. The zero-order chi connectivity index (χ0) is 35.4. The fourth-order valence-corrected chi connectivity index (χ4v) is 4.43. The molecule has 7 nitrogen and oxygen atoms in total. The number of hydrogen-bond acceptors (Lipinski definition) is 7. The van der Waals surface area contributed by atoms with Crippen molar-refractivity contribution in [1.82, 2.24) is 15.3 Å². The van der Waals surface area contributed by atoms with Crippen LogP contribution in [0, 0.1) is 25.7 Å². The molecule has 1 aromatic carbocycles. The standard InChI is InChI=1S/C34H47N5O.C2H6.C2H2.CH2O/c1-11-28-30(35-10)20-26(34(7,8)9)21-31(28)38-25(6)37-29-18-17-27(16-14-12-13-15-23(29)4)40-32-19-24(5)36-33(39-32)22(2)3;3*1-2/h12-15,17-23,35,37-38H,6,11,16H2,1-5,7-10H3;1-2H3;1-2H;1H2/b14-12-,15-13-,27-17+,29-18+;;;. The molecular formula is C39H57N5O2. The van der Waals surface area contributed by atoms with Crippen molar-refractivity contribution in [2.45, 2.75) is 93.4 Å². The molecular weight excluding hydrogens is 570 g/mol. The summed E-state index contributed by atoms with van der Waals surface area (Å²) in [6.45, 7) is 27.5. The van der Waals surface area contributed by atoms with Gasteiger partial charge in [-0.15, -0.1) is 12.8 Å². The van der Waals surface area contributed by atoms with Gasteiger partial charge in [-0.2, -0.15) is 4.98 Å². The number of allylic oxidation sites excluding steroid dienone is 6. The summed E-state index contributed by atoms with van der Waals surface area (Å²) < 4.78 is 6.26. The fourth-order valence-electron chi connectivity index (χ4n) is 4.43. The number of nitrogens with zero attached hydrogens (tertiary/aromatic N) is 2. The molecule has 0 radical (unpaired) electrons. The maximum atomic E-state index is 8.00. The second kappa shape index (κ2) is 21.2. The van der Waals surface area contributed by atoms with Crippen LogP contribution >= 0.6 is 0 Å². The molecule has 1 aliphatic carbocycles. The molecule has 1 aliphatic rings. The highest BCUT2D eigenvalue weighted by molar-refractivity contribution is 5.69. The molecule has 2 aromatic rings. The molecule has 7 heteroatoms. The second-order valence-electron chi connectivity index (χ2n) is 11.7. The van der Waals surface area contributed by atoms with Gasteiger partial charge in [0.25, 0.3) is 0 Å². The Hall–Kier alpha value is -4.57. The molecule has 1 atom stereocenters. The van der Waals surface area contributed by atoms with Gasteiger partial charge < -0.3 is 25.5 Å². The van der Waals surface area contributed by atoms with Crippen molar-refractivity contribution >= 4 is 18.2 Å². The number of terminal acetylenes is 1. The van der Waals surface area contributed by atoms with Crippen LogP contribution in [0.3, 0.4) is 0 Å². The first-order chi connectivity index (χ1) is 21.9. The van der Waals surface area contributed by atoms with Crippen LogP contribution in [0.25, 0.3) is 0 Å². The lowest BCUT2D eigenvalue weighted by Crippen LogP contribution is -2.23. The summed E-state index contributed by atoms with van der Waals surface area (Å²) in [6, 6.07) is 6.37. The summed E-state index contributed by atoms with van der Waals surface area (Å²) in [5.41, 5.74) is 6.60. The largest absolute Gasteiger partial charge is 0.443 e. The van der Waals surface area contributed by atoms with Crippen LogP contribution in [0.4, 0.5) is 11.4 Å². The van der Waals surface area contributed by atoms with E-state index in [0.717, 1.165) is 40.8 Å². The van der Waals surface area contributed by atoms with E-state index in [-0.39, 0.29) is 17.3 Å². The van der Waals surface area contributed by atoms with E-state index in [1.54, 1.807) is 0 Å². The molecule has 3 N–H and O–H groups in total. The van der Waals surface area contributed by atoms with E-state index < -0.39 is 0 Å². The van der Waals surface area contributed by atoms with Crippen molar-refractivity contribution in [3.63, 3.8) is 0 Å². The van der Waals surface area contributed by atoms with E-state index in [4.69, 9.17) is 9.53 Å². The molecule has 0 spiro atoms. The van der Waals surface area contributed by atoms with Crippen molar-refractivity contribution in [2.24, 2.45) is 5.92 Å². The first kappa shape index (κ1) is 41.4. The lowest BCUT2D eigenvalue weighted by molar-refractivity contribution is -0.0980. The third-order valence-corrected chi connectivity index (χ3v) is 6.83. The zero-order valence-electron chi connectivity index (χ0n) is 30.0. The van der Waals surface area contributed by atoms with Crippen LogP contribution in [-0.2, 0) is 16.6 Å². The van der Waals surface area contributed by atoms with Gasteiger partial charge in [0, 0.05) is 54.1 Å². The average molecular weight is 628 g/mol. The summed E-state index contributed by atoms with van der Waals surface area (Å²) >= 11 is 0. The summed E-state index contributed by atoms with van der Waals surface area (Å²) in [5.74, 6) is 3.22. The summed E-state index contributed by atoms with van der Waals surface area (Å²) in [6.07, 6.45) is 22.0. The Morgan fingerprint density at radius 1 is 1.04 bits per heavy atom. The molecule has 0 aliphatic heterocycles. The monoisotopic (exact) mass is 627 g/mol. The minimum absolute atomic E-state index is 0.0219. The predicted octanol–water partition coefficient (Wildman–Crippen LogP) is 9.37. The Morgan fingerprint density at radius 2 is 1.67 bits per heavy atom. The molecule has 1 aromatic heterocycles. The normalized spacial score (nSPS) is 17.7. The second-order valence-corrected chi connectivity index (χ2v) is 11.7. The minimum atomic E-state index is 0.0219. The van der Waals surface area contributed by atoms with Crippen molar-refractivity contribution in [3.8, 4) is 18.7 Å². The molecule has 0 saturated heterocycles. The van der Waals surface area contributed by atoms with Crippen molar-refractivity contribution in [2.75, 3.05) is 17.7 Å². The molecule has 0 bridgehead atoms. The molecule has 0 saturated carbocycles. The van der Waals surface area contributed by atoms with Gasteiger partial charge in [-0.05, 0) is 54.2 Å². The number of carbonyl (C=O) groups excluding carboxylic acids is 1. The zero-order valence-corrected chi connectivity index (χ0v) is 30.0. The highest BCUT2D eigenvalue weighted by Gasteiger charge is 2.19. The number of rotatable bonds is 9. The highest BCUT2D eigenvalue weighted by atomic mass is 16.5. The Bertz CT molecular complexity index is 1390. The summed E-state index contributed by atoms with van der Waals surface area (Å²) in [4.78, 5) is 17.2. The van der Waals surface area contributed by atoms with E-state index >= 15 is 0 Å². The number of carbonyl (C=O) groups is 1. The van der Waals surface area contributed by atoms with E-state index in [2.05, 4.69) is 136 Å². The number of nitrogens with one attached hydrogen (secondary N) is 3. The van der Waals surface area contributed by atoms with Crippen molar-refractivity contribution in [3.05, 3.63) is 101 Å². The summed E-state index contributed by atoms with van der Waals surface area (Å²) in [7, 11) is 1.98. The van der Waals surface area contributed by atoms with E-state index in [0.29, 0.717) is 18.1 Å². The van der Waals surface area contributed by atoms with Crippen molar-refractivity contribution < 1.29 is 9.53 Å². The average Bonchev–Trinajstić information content (AvgIpc) is 3.03. The van der Waals surface area contributed by atoms with Crippen LogP contribution in [0.5, 0.6) is 5.88 Å². The van der Waals surface area contributed by atoms with Gasteiger partial charge in [-0.1, -0.05) is 93.2 Å². The molecule has 46 heavy (non-hydrogen) atoms. The first-order valence-corrected chi connectivity index (χ1v) is 15.9. The molecule has 0 fully saturated rings. The third kappa shape index (κ3) is 13.2. The van der Waals surface area contributed by atoms with Crippen LogP contribution in [0.15, 0.2) is 78.5 Å². The van der Waals surface area contributed by atoms with Crippen LogP contribution in [0.1, 0.15) is 97.3 Å². The van der Waals surface area contributed by atoms with Crippen LogP contribution < -0.4 is 20.7 Å². The Morgan fingerprint density at radius 3 is 2.24 bits per heavy atom. The first-order valence-electron chi connectivity index (χ1n) is 15.9. The fraction of sp³-hybridized carbons (Fsp3) is 0.410. The number of benzene rings is 1. The lowest BCUT2D eigenvalue weighted by atomic mass is 9.85. The van der Waals surface area contributed by atoms with E-state index in [1.165, 1.54) is 11.1 Å². The SMILES string of the molecule is C#C.C=C(N/C1=C/C=C(/Oc2cc(C)nc(C(C)C)n2)C/C=C\C=C/C1C)Nc1cc(C(C)(C)C)cc(NC)c1CC.C=O.CC. The molecule has 1 unspecified atom stereocenters. The quantitative estimate of drug-likeness (QED) is 0.239. The smallest absolute Gasteiger partial charge is 0.222 e. The Labute approximate surface area is 279 Å². The number of aromatic nitrogens is 2. The number of ether oxygens (including phenoxy) is 1. The van der Waals surface area contributed by atoms with Crippen LogP contribution in [-0.4, -0.2) is 23.8 Å². The van der Waals surface area contributed by atoms with Gasteiger partial charge in [-0.3, -0.25) is 0 Å². The molecule has 3 rings (SSSR count). The third-order valence-electron chi connectivity index (χ3n) is 6.83. The number of anilines is 2. The highest BCUT2D eigenvalue weighted by Crippen LogP contribution is 2.34. The maximum Gasteiger partial charge on any atom is 0.222 e. The van der Waals surface area contributed by atoms with Gasteiger partial charge in [0.2, 0.25) is 5.88 Å². The topological polar surface area (TPSA) is 88.2 Å². The maximum absolute atomic E-state index is 8.00. The number of aryl methyl sites for hydroxylation is 1. The van der Waals surface area contributed by atoms with Gasteiger partial charge in [0.1, 0.15) is 18.4 Å². The molecule has 250 valence electrons. The number of hydrogen-bond donors (Lipinski definition) is 3. The van der Waals surface area contributed by atoms with Gasteiger partial charge in [0.05, 0.1) is 5.82 Å². The molecule has 0 amide bonds. The van der Waals surface area contributed by atoms with Gasteiger partial charge in [-0.25, -0.2) is 4.98 Å². The van der Waals surface area contributed by atoms with Crippen LogP contribution in [0.2, 0.25) is 0 Å². The van der Waals surface area contributed by atoms with Crippen molar-refractivity contribution in [1.29, 1.82) is 0 Å². The van der Waals surface area contributed by atoms with E-state index in [1.807, 2.05) is 46.8 Å². The Balaban J connectivity index is 0.00000318. The predicted molar refractivity (Wildman–Crippen MR) is 198 cm³/mol. The molecule has 1 heterocycles. The van der Waals surface area contributed by atoms with Gasteiger partial charge >= 0.3 is 0 Å². The lowest BCUT2D eigenvalue weighted by Gasteiger charge is -2.25. The van der Waals surface area contributed by atoms with Gasteiger partial charge in [0.15, 0.2) is 0 Å². The van der Waals surface area contributed by atoms with E-state index in [9.17, 15) is 0 Å². The minimum Gasteiger partial charge on any atom is -0.443 e.